The quantitative estimate of drug-likeness (QED) is 0.849. The van der Waals surface area contributed by atoms with Crippen molar-refractivity contribution in [2.24, 2.45) is 5.41 Å². The molecule has 0 radical (unpaired) electrons. The number of rotatable bonds is 3. The summed E-state index contributed by atoms with van der Waals surface area (Å²) < 4.78 is 0. The minimum Gasteiger partial charge on any atom is -0.335 e. The van der Waals surface area contributed by atoms with Gasteiger partial charge in [0.2, 0.25) is 5.91 Å². The monoisotopic (exact) mass is 302 g/mol. The number of likely N-dealkylation sites (N-methyl/N-ethyl adjacent to an activating group) is 1. The fraction of sp³-hybridized carbons (Fsp3) is 0.632. The summed E-state index contributed by atoms with van der Waals surface area (Å²) in [6, 6.07) is 9.90. The summed E-state index contributed by atoms with van der Waals surface area (Å²) in [5, 5.41) is 0. The van der Waals surface area contributed by atoms with E-state index in [4.69, 9.17) is 0 Å². The van der Waals surface area contributed by atoms with E-state index in [9.17, 15) is 4.79 Å². The van der Waals surface area contributed by atoms with E-state index in [1.165, 1.54) is 0 Å². The minimum atomic E-state index is -0.207. The molecule has 0 N–H and O–H groups in total. The Hall–Kier alpha value is -1.35. The van der Waals surface area contributed by atoms with Gasteiger partial charge in [-0.3, -0.25) is 9.69 Å². The number of hydrogen-bond acceptors (Lipinski definition) is 2. The van der Waals surface area contributed by atoms with Gasteiger partial charge in [-0.05, 0) is 44.8 Å². The van der Waals surface area contributed by atoms with E-state index in [1.54, 1.807) is 0 Å². The Labute approximate surface area is 135 Å². The maximum Gasteiger partial charge on any atom is 0.244 e. The lowest BCUT2D eigenvalue weighted by Gasteiger charge is -2.47. The van der Waals surface area contributed by atoms with Crippen LogP contribution in [0.1, 0.15) is 52.1 Å². The van der Waals surface area contributed by atoms with Gasteiger partial charge in [-0.1, -0.05) is 51.1 Å². The molecule has 1 heterocycles. The number of carbonyl (C=O) groups is 1. The Morgan fingerprint density at radius 2 is 1.82 bits per heavy atom. The van der Waals surface area contributed by atoms with Gasteiger partial charge in [-0.15, -0.1) is 0 Å². The van der Waals surface area contributed by atoms with Crippen LogP contribution < -0.4 is 0 Å². The summed E-state index contributed by atoms with van der Waals surface area (Å²) >= 11 is 0. The first kappa shape index (κ1) is 17.0. The van der Waals surface area contributed by atoms with E-state index in [0.29, 0.717) is 0 Å². The second-order valence-electron chi connectivity index (χ2n) is 7.89. The summed E-state index contributed by atoms with van der Waals surface area (Å²) in [7, 11) is 3.97. The molecule has 0 spiro atoms. The fourth-order valence-corrected chi connectivity index (χ4v) is 3.54. The third-order valence-corrected chi connectivity index (χ3v) is 5.39. The van der Waals surface area contributed by atoms with Gasteiger partial charge in [0.1, 0.15) is 6.04 Å². The molecule has 122 valence electrons. The van der Waals surface area contributed by atoms with Crippen molar-refractivity contribution in [3.05, 3.63) is 35.9 Å². The van der Waals surface area contributed by atoms with E-state index in [-0.39, 0.29) is 22.9 Å². The second-order valence-corrected chi connectivity index (χ2v) is 7.89. The van der Waals surface area contributed by atoms with Crippen LogP contribution in [0.3, 0.4) is 0 Å². The lowest BCUT2D eigenvalue weighted by molar-refractivity contribution is -0.144. The van der Waals surface area contributed by atoms with Crippen LogP contribution in [-0.4, -0.2) is 41.9 Å². The van der Waals surface area contributed by atoms with Gasteiger partial charge in [-0.2, -0.15) is 0 Å². The van der Waals surface area contributed by atoms with Gasteiger partial charge in [-0.25, -0.2) is 0 Å². The standard InChI is InChI=1S/C19H30N2O/c1-18(2,3)19(4)13-10-14-21(19)17(22)16(20(5)6)15-11-8-7-9-12-15/h7-9,11-12,16H,10,13-14H2,1-6H3/t16-,19?/m1/s1. The summed E-state index contributed by atoms with van der Waals surface area (Å²) in [6.45, 7) is 9.84. The molecule has 2 atom stereocenters. The highest BCUT2D eigenvalue weighted by atomic mass is 16.2. The SMILES string of the molecule is CN(C)[C@@H](C(=O)N1CCCC1(C)C(C)(C)C)c1ccccc1. The third kappa shape index (κ3) is 2.91. The summed E-state index contributed by atoms with van der Waals surface area (Å²) in [6.07, 6.45) is 2.17. The second kappa shape index (κ2) is 6.04. The van der Waals surface area contributed by atoms with Crippen LogP contribution in [0.5, 0.6) is 0 Å². The van der Waals surface area contributed by atoms with Gasteiger partial charge >= 0.3 is 0 Å². The summed E-state index contributed by atoms with van der Waals surface area (Å²) in [5.41, 5.74) is 1.07. The van der Waals surface area contributed by atoms with Crippen LogP contribution in [0.2, 0.25) is 0 Å². The lowest BCUT2D eigenvalue weighted by Crippen LogP contribution is -2.55. The first-order valence-electron chi connectivity index (χ1n) is 8.21. The Morgan fingerprint density at radius 1 is 1.23 bits per heavy atom. The molecule has 0 aromatic heterocycles. The maximum absolute atomic E-state index is 13.3. The molecule has 3 heteroatoms. The average Bonchev–Trinajstić information content (AvgIpc) is 2.82. The van der Waals surface area contributed by atoms with Crippen LogP contribution in [0.15, 0.2) is 30.3 Å². The van der Waals surface area contributed by atoms with Crippen molar-refractivity contribution in [1.82, 2.24) is 9.80 Å². The molecule has 1 aromatic rings. The summed E-state index contributed by atoms with van der Waals surface area (Å²) in [4.78, 5) is 17.5. The van der Waals surface area contributed by atoms with Crippen LogP contribution in [0.25, 0.3) is 0 Å². The molecule has 0 bridgehead atoms. The third-order valence-electron chi connectivity index (χ3n) is 5.39. The molecule has 1 aliphatic heterocycles. The minimum absolute atomic E-state index is 0.0761. The predicted octanol–water partition coefficient (Wildman–Crippen LogP) is 3.72. The van der Waals surface area contributed by atoms with Crippen LogP contribution in [0.4, 0.5) is 0 Å². The average molecular weight is 302 g/mol. The molecule has 1 aliphatic rings. The lowest BCUT2D eigenvalue weighted by atomic mass is 9.73. The number of amides is 1. The molecule has 1 fully saturated rings. The first-order valence-corrected chi connectivity index (χ1v) is 8.21. The zero-order valence-electron chi connectivity index (χ0n) is 14.9. The van der Waals surface area contributed by atoms with Crippen molar-refractivity contribution >= 4 is 5.91 Å². The van der Waals surface area contributed by atoms with Crippen molar-refractivity contribution in [3.63, 3.8) is 0 Å². The maximum atomic E-state index is 13.3. The van der Waals surface area contributed by atoms with Gasteiger partial charge in [0.25, 0.3) is 0 Å². The van der Waals surface area contributed by atoms with E-state index in [0.717, 1.165) is 24.9 Å². The van der Waals surface area contributed by atoms with Gasteiger partial charge in [0.15, 0.2) is 0 Å². The number of carbonyl (C=O) groups excluding carboxylic acids is 1. The summed E-state index contributed by atoms with van der Waals surface area (Å²) in [5.74, 6) is 0.228. The number of benzene rings is 1. The van der Waals surface area contributed by atoms with Crippen LogP contribution in [-0.2, 0) is 4.79 Å². The van der Waals surface area contributed by atoms with E-state index in [2.05, 4.69) is 32.6 Å². The van der Waals surface area contributed by atoms with Gasteiger partial charge in [0.05, 0.1) is 0 Å². The molecule has 1 unspecified atom stereocenters. The van der Waals surface area contributed by atoms with Crippen molar-refractivity contribution in [2.45, 2.75) is 52.1 Å². The van der Waals surface area contributed by atoms with E-state index in [1.807, 2.05) is 49.3 Å². The zero-order valence-corrected chi connectivity index (χ0v) is 14.9. The number of likely N-dealkylation sites (tertiary alicyclic amines) is 1. The molecule has 0 aliphatic carbocycles. The highest BCUT2D eigenvalue weighted by Crippen LogP contribution is 2.44. The van der Waals surface area contributed by atoms with Crippen molar-refractivity contribution in [1.29, 1.82) is 0 Å². The van der Waals surface area contributed by atoms with Gasteiger partial charge in [0, 0.05) is 12.1 Å². The molecule has 1 saturated heterocycles. The first-order chi connectivity index (χ1) is 10.2. The fourth-order valence-electron chi connectivity index (χ4n) is 3.54. The molecule has 0 saturated carbocycles. The molecular formula is C19H30N2O. The van der Waals surface area contributed by atoms with Crippen LogP contribution in [0, 0.1) is 5.41 Å². The molecule has 3 nitrogen and oxygen atoms in total. The Morgan fingerprint density at radius 3 is 2.32 bits per heavy atom. The van der Waals surface area contributed by atoms with Crippen molar-refractivity contribution < 1.29 is 4.79 Å². The predicted molar refractivity (Wildman–Crippen MR) is 91.7 cm³/mol. The zero-order chi connectivity index (χ0) is 16.5. The Bertz CT molecular complexity index is 518. The number of hydrogen-bond donors (Lipinski definition) is 0. The molecular weight excluding hydrogens is 272 g/mol. The smallest absolute Gasteiger partial charge is 0.244 e. The highest BCUT2D eigenvalue weighted by molar-refractivity contribution is 5.84. The normalized spacial score (nSPS) is 23.9. The van der Waals surface area contributed by atoms with Crippen molar-refractivity contribution in [3.8, 4) is 0 Å². The Balaban J connectivity index is 2.36. The van der Waals surface area contributed by atoms with Gasteiger partial charge < -0.3 is 4.90 Å². The molecule has 1 amide bonds. The molecule has 1 aromatic carbocycles. The molecule has 22 heavy (non-hydrogen) atoms. The van der Waals surface area contributed by atoms with E-state index >= 15 is 0 Å². The highest BCUT2D eigenvalue weighted by Gasteiger charge is 2.49. The molecule has 2 rings (SSSR count). The number of nitrogens with zero attached hydrogens (tertiary/aromatic N) is 2. The largest absolute Gasteiger partial charge is 0.335 e. The topological polar surface area (TPSA) is 23.6 Å². The Kier molecular flexibility index (Phi) is 4.67. The van der Waals surface area contributed by atoms with E-state index < -0.39 is 0 Å². The van der Waals surface area contributed by atoms with Crippen molar-refractivity contribution in [2.75, 3.05) is 20.6 Å². The van der Waals surface area contributed by atoms with Crippen LogP contribution >= 0.6 is 0 Å².